The number of nitrogens with zero attached hydrogens (tertiary/aromatic N) is 5. The van der Waals surface area contributed by atoms with Gasteiger partial charge in [-0.1, -0.05) is 0 Å². The second kappa shape index (κ2) is 6.16. The van der Waals surface area contributed by atoms with Crippen LogP contribution < -0.4 is 0 Å². The first-order valence-electron chi connectivity index (χ1n) is 8.32. The molecule has 0 bridgehead atoms. The molecule has 0 N–H and O–H groups in total. The average Bonchev–Trinajstić information content (AvgIpc) is 3.35. The molecule has 3 heterocycles. The third kappa shape index (κ3) is 2.82. The molecule has 0 unspecified atom stereocenters. The number of aromatic nitrogens is 4. The summed E-state index contributed by atoms with van der Waals surface area (Å²) in [5.41, 5.74) is 1.46. The Kier molecular flexibility index (Phi) is 3.83. The number of imidazole rings is 1. The predicted molar refractivity (Wildman–Crippen MR) is 90.7 cm³/mol. The van der Waals surface area contributed by atoms with E-state index in [1.165, 1.54) is 0 Å². The minimum absolute atomic E-state index is 0.0266. The molecule has 4 rings (SSSR count). The van der Waals surface area contributed by atoms with Gasteiger partial charge in [0, 0.05) is 44.0 Å². The summed E-state index contributed by atoms with van der Waals surface area (Å²) in [6, 6.07) is 7.33. The molecule has 1 atom stereocenters. The van der Waals surface area contributed by atoms with Crippen LogP contribution >= 0.6 is 0 Å². The van der Waals surface area contributed by atoms with Gasteiger partial charge in [-0.3, -0.25) is 4.79 Å². The van der Waals surface area contributed by atoms with Crippen molar-refractivity contribution in [2.45, 2.75) is 25.8 Å². The molecule has 7 heteroatoms. The van der Waals surface area contributed by atoms with Crippen molar-refractivity contribution >= 4 is 5.91 Å². The van der Waals surface area contributed by atoms with Crippen LogP contribution in [-0.4, -0.2) is 37.1 Å². The van der Waals surface area contributed by atoms with Crippen molar-refractivity contribution in [1.82, 2.24) is 24.6 Å². The van der Waals surface area contributed by atoms with Crippen molar-refractivity contribution in [3.05, 3.63) is 53.9 Å². The molecule has 7 nitrogen and oxygen atoms in total. The number of likely N-dealkylation sites (tertiary alicyclic amines) is 1. The van der Waals surface area contributed by atoms with E-state index in [1.54, 1.807) is 13.1 Å². The van der Waals surface area contributed by atoms with E-state index in [0.717, 1.165) is 30.8 Å². The monoisotopic (exact) mass is 337 g/mol. The summed E-state index contributed by atoms with van der Waals surface area (Å²) in [7, 11) is 1.96. The molecular weight excluding hydrogens is 318 g/mol. The van der Waals surface area contributed by atoms with Gasteiger partial charge in [-0.05, 0) is 37.1 Å². The van der Waals surface area contributed by atoms with Gasteiger partial charge in [-0.15, -0.1) is 10.2 Å². The fourth-order valence-electron chi connectivity index (χ4n) is 3.31. The van der Waals surface area contributed by atoms with Crippen molar-refractivity contribution in [3.8, 4) is 11.5 Å². The standard InChI is InChI=1S/C18H19N5O2/c1-12-20-21-17(25-12)13-5-7-14(8-6-13)18(24)23-10-3-4-15(23)16-19-9-11-22(16)2/h5-9,11,15H,3-4,10H2,1-2H3/t15-/m0/s1. The number of benzene rings is 1. The lowest BCUT2D eigenvalue weighted by molar-refractivity contribution is 0.0728. The molecule has 0 radical (unpaired) electrons. The van der Waals surface area contributed by atoms with Gasteiger partial charge >= 0.3 is 0 Å². The smallest absolute Gasteiger partial charge is 0.254 e. The largest absolute Gasteiger partial charge is 0.421 e. The summed E-state index contributed by atoms with van der Waals surface area (Å²) in [6.45, 7) is 2.50. The molecule has 1 fully saturated rings. The minimum atomic E-state index is 0.0266. The highest BCUT2D eigenvalue weighted by Crippen LogP contribution is 2.32. The van der Waals surface area contributed by atoms with Crippen LogP contribution in [0.2, 0.25) is 0 Å². The molecule has 0 aliphatic carbocycles. The Morgan fingerprint density at radius 2 is 2.04 bits per heavy atom. The summed E-state index contributed by atoms with van der Waals surface area (Å²) in [5.74, 6) is 1.94. The molecule has 1 aliphatic rings. The molecule has 1 aromatic carbocycles. The Balaban J connectivity index is 1.57. The topological polar surface area (TPSA) is 77.1 Å². The van der Waals surface area contributed by atoms with E-state index in [4.69, 9.17) is 4.42 Å². The first-order valence-corrected chi connectivity index (χ1v) is 8.32. The van der Waals surface area contributed by atoms with E-state index >= 15 is 0 Å². The molecule has 128 valence electrons. The molecule has 1 aliphatic heterocycles. The third-order valence-electron chi connectivity index (χ3n) is 4.57. The van der Waals surface area contributed by atoms with Crippen molar-refractivity contribution in [2.75, 3.05) is 6.54 Å². The van der Waals surface area contributed by atoms with E-state index in [2.05, 4.69) is 15.2 Å². The summed E-state index contributed by atoms with van der Waals surface area (Å²) in [6.07, 6.45) is 5.62. The van der Waals surface area contributed by atoms with Crippen LogP contribution in [0.15, 0.2) is 41.1 Å². The van der Waals surface area contributed by atoms with E-state index < -0.39 is 0 Å². The lowest BCUT2D eigenvalue weighted by atomic mass is 10.1. The quantitative estimate of drug-likeness (QED) is 0.734. The maximum atomic E-state index is 13.0. The molecule has 1 saturated heterocycles. The summed E-state index contributed by atoms with van der Waals surface area (Å²) in [4.78, 5) is 19.3. The van der Waals surface area contributed by atoms with Crippen molar-refractivity contribution in [2.24, 2.45) is 7.05 Å². The second-order valence-electron chi connectivity index (χ2n) is 6.26. The molecule has 3 aromatic rings. The molecule has 25 heavy (non-hydrogen) atoms. The Morgan fingerprint density at radius 3 is 2.68 bits per heavy atom. The Morgan fingerprint density at radius 1 is 1.24 bits per heavy atom. The fraction of sp³-hybridized carbons (Fsp3) is 0.333. The van der Waals surface area contributed by atoms with Gasteiger partial charge in [-0.25, -0.2) is 4.98 Å². The highest BCUT2D eigenvalue weighted by Gasteiger charge is 2.32. The van der Waals surface area contributed by atoms with Gasteiger partial charge in [0.2, 0.25) is 11.8 Å². The van der Waals surface area contributed by atoms with Gasteiger partial charge in [0.15, 0.2) is 0 Å². The van der Waals surface area contributed by atoms with E-state index in [1.807, 2.05) is 47.0 Å². The number of amides is 1. The van der Waals surface area contributed by atoms with Crippen LogP contribution in [0.4, 0.5) is 0 Å². The van der Waals surface area contributed by atoms with Crippen molar-refractivity contribution in [1.29, 1.82) is 0 Å². The van der Waals surface area contributed by atoms with Gasteiger partial charge in [0.25, 0.3) is 5.91 Å². The normalized spacial score (nSPS) is 17.2. The van der Waals surface area contributed by atoms with E-state index in [9.17, 15) is 4.79 Å². The molecule has 1 amide bonds. The number of hydrogen-bond acceptors (Lipinski definition) is 5. The number of rotatable bonds is 3. The highest BCUT2D eigenvalue weighted by molar-refractivity contribution is 5.95. The molecular formula is C18H19N5O2. The molecule has 0 saturated carbocycles. The maximum Gasteiger partial charge on any atom is 0.254 e. The van der Waals surface area contributed by atoms with Gasteiger partial charge in [0.05, 0.1) is 6.04 Å². The first-order chi connectivity index (χ1) is 12.1. The zero-order valence-electron chi connectivity index (χ0n) is 14.2. The fourth-order valence-corrected chi connectivity index (χ4v) is 3.31. The Hall–Kier alpha value is -2.96. The van der Waals surface area contributed by atoms with E-state index in [0.29, 0.717) is 17.3 Å². The van der Waals surface area contributed by atoms with Crippen LogP contribution in [0.1, 0.15) is 41.0 Å². The Bertz CT molecular complexity index is 896. The number of carbonyl (C=O) groups is 1. The van der Waals surface area contributed by atoms with Gasteiger partial charge < -0.3 is 13.9 Å². The summed E-state index contributed by atoms with van der Waals surface area (Å²) in [5, 5.41) is 7.83. The predicted octanol–water partition coefficient (Wildman–Crippen LogP) is 2.76. The zero-order valence-corrected chi connectivity index (χ0v) is 14.2. The van der Waals surface area contributed by atoms with Crippen molar-refractivity contribution < 1.29 is 9.21 Å². The summed E-state index contributed by atoms with van der Waals surface area (Å²) < 4.78 is 7.40. The Labute approximate surface area is 145 Å². The van der Waals surface area contributed by atoms with Gasteiger partial charge in [0.1, 0.15) is 5.82 Å². The van der Waals surface area contributed by atoms with Crippen molar-refractivity contribution in [3.63, 3.8) is 0 Å². The number of hydrogen-bond donors (Lipinski definition) is 0. The number of carbonyl (C=O) groups excluding carboxylic acids is 1. The van der Waals surface area contributed by atoms with E-state index in [-0.39, 0.29) is 11.9 Å². The summed E-state index contributed by atoms with van der Waals surface area (Å²) >= 11 is 0. The maximum absolute atomic E-state index is 13.0. The highest BCUT2D eigenvalue weighted by atomic mass is 16.4. The SMILES string of the molecule is Cc1nnc(-c2ccc(C(=O)N3CCC[C@H]3c3nccn3C)cc2)o1. The third-order valence-corrected chi connectivity index (χ3v) is 4.57. The average molecular weight is 337 g/mol. The van der Waals surface area contributed by atoms with Crippen LogP contribution in [0.3, 0.4) is 0 Å². The van der Waals surface area contributed by atoms with Crippen LogP contribution in [0, 0.1) is 6.92 Å². The molecule has 0 spiro atoms. The first kappa shape index (κ1) is 15.6. The van der Waals surface area contributed by atoms with Crippen LogP contribution in [0.5, 0.6) is 0 Å². The van der Waals surface area contributed by atoms with Crippen LogP contribution in [0.25, 0.3) is 11.5 Å². The lowest BCUT2D eigenvalue weighted by Crippen LogP contribution is -2.31. The second-order valence-corrected chi connectivity index (χ2v) is 6.26. The minimum Gasteiger partial charge on any atom is -0.421 e. The van der Waals surface area contributed by atoms with Gasteiger partial charge in [-0.2, -0.15) is 0 Å². The zero-order chi connectivity index (χ0) is 17.4. The van der Waals surface area contributed by atoms with Crippen LogP contribution in [-0.2, 0) is 7.05 Å². The molecule has 2 aromatic heterocycles. The number of aryl methyl sites for hydroxylation is 2. The lowest BCUT2D eigenvalue weighted by Gasteiger charge is -2.24.